The number of aliphatic hydroxyl groups excluding tert-OH is 1. The number of hydrogen-bond acceptors (Lipinski definition) is 4. The van der Waals surface area contributed by atoms with Crippen molar-refractivity contribution < 1.29 is 14.3 Å². The maximum absolute atomic E-state index is 13.2. The minimum atomic E-state index is -0.308. The van der Waals surface area contributed by atoms with Gasteiger partial charge in [-0.15, -0.1) is 11.3 Å². The van der Waals surface area contributed by atoms with Gasteiger partial charge in [0.05, 0.1) is 11.8 Å². The smallest absolute Gasteiger partial charge is 0.271 e. The lowest BCUT2D eigenvalue weighted by Crippen LogP contribution is -2.42. The van der Waals surface area contributed by atoms with Gasteiger partial charge in [-0.3, -0.25) is 9.20 Å². The molecule has 0 radical (unpaired) electrons. The molecule has 0 saturated carbocycles. The molecule has 1 fully saturated rings. The number of carbonyl (C=O) groups is 1. The number of aliphatic hydroxyl groups is 1. The first-order valence-electron chi connectivity index (χ1n) is 9.64. The summed E-state index contributed by atoms with van der Waals surface area (Å²) in [6, 6.07) is 6.19. The van der Waals surface area contributed by atoms with Crippen molar-refractivity contribution in [2.75, 3.05) is 13.1 Å². The SMILES string of the molecule is CC(C)C(O)C1CCN(C(=O)c2csc3nc(-c4ccc(F)cc4)cn23)CC1. The maximum atomic E-state index is 13.2. The average molecular weight is 402 g/mol. The van der Waals surface area contributed by atoms with Crippen LogP contribution in [0.25, 0.3) is 16.2 Å². The summed E-state index contributed by atoms with van der Waals surface area (Å²) in [5.74, 6) is 0.197. The van der Waals surface area contributed by atoms with Crippen molar-refractivity contribution in [3.05, 3.63) is 47.4 Å². The number of imidazole rings is 1. The first-order chi connectivity index (χ1) is 13.4. The molecule has 1 aliphatic rings. The molecule has 2 aromatic heterocycles. The first kappa shape index (κ1) is 19.1. The number of rotatable bonds is 4. The van der Waals surface area contributed by atoms with Crippen molar-refractivity contribution in [1.29, 1.82) is 0 Å². The quantitative estimate of drug-likeness (QED) is 0.717. The first-order valence-corrected chi connectivity index (χ1v) is 10.5. The number of nitrogens with zero attached hydrogens (tertiary/aromatic N) is 3. The van der Waals surface area contributed by atoms with E-state index in [0.717, 1.165) is 29.1 Å². The normalized spacial score (nSPS) is 16.8. The second-order valence-corrected chi connectivity index (χ2v) is 8.61. The molecule has 0 spiro atoms. The topological polar surface area (TPSA) is 57.8 Å². The molecule has 5 nitrogen and oxygen atoms in total. The number of aromatic nitrogens is 2. The zero-order chi connectivity index (χ0) is 19.8. The molecule has 1 atom stereocenters. The van der Waals surface area contributed by atoms with Gasteiger partial charge in [-0.1, -0.05) is 13.8 Å². The molecule has 1 saturated heterocycles. The van der Waals surface area contributed by atoms with E-state index in [4.69, 9.17) is 0 Å². The van der Waals surface area contributed by atoms with E-state index in [0.29, 0.717) is 18.8 Å². The fourth-order valence-electron chi connectivity index (χ4n) is 3.85. The summed E-state index contributed by atoms with van der Waals surface area (Å²) in [6.45, 7) is 5.37. The summed E-state index contributed by atoms with van der Waals surface area (Å²) in [5.41, 5.74) is 2.14. The lowest BCUT2D eigenvalue weighted by molar-refractivity contribution is 0.0259. The highest BCUT2D eigenvalue weighted by Gasteiger charge is 2.30. The Morgan fingerprint density at radius 1 is 1.25 bits per heavy atom. The summed E-state index contributed by atoms with van der Waals surface area (Å²) < 4.78 is 15.0. The van der Waals surface area contributed by atoms with Gasteiger partial charge in [0, 0.05) is 30.2 Å². The Labute approximate surface area is 167 Å². The number of amides is 1. The van der Waals surface area contributed by atoms with Gasteiger partial charge in [0.15, 0.2) is 4.96 Å². The summed E-state index contributed by atoms with van der Waals surface area (Å²) >= 11 is 1.42. The van der Waals surface area contributed by atoms with Crippen LogP contribution < -0.4 is 0 Å². The van der Waals surface area contributed by atoms with E-state index in [1.807, 2.05) is 34.7 Å². The molecule has 4 rings (SSSR count). The number of thiazole rings is 1. The van der Waals surface area contributed by atoms with E-state index < -0.39 is 0 Å². The third-order valence-corrected chi connectivity index (χ3v) is 6.40. The zero-order valence-electron chi connectivity index (χ0n) is 16.0. The molecule has 1 aliphatic heterocycles. The Morgan fingerprint density at radius 2 is 1.93 bits per heavy atom. The molecule has 1 N–H and O–H groups in total. The van der Waals surface area contributed by atoms with E-state index in [9.17, 15) is 14.3 Å². The van der Waals surface area contributed by atoms with Crippen LogP contribution in [0.1, 0.15) is 37.2 Å². The number of likely N-dealkylation sites (tertiary alicyclic amines) is 1. The minimum absolute atomic E-state index is 0.00760. The zero-order valence-corrected chi connectivity index (χ0v) is 16.8. The fourth-order valence-corrected chi connectivity index (χ4v) is 4.69. The Morgan fingerprint density at radius 3 is 2.57 bits per heavy atom. The number of benzene rings is 1. The predicted octanol–water partition coefficient (Wildman–Crippen LogP) is 4.07. The number of piperidine rings is 1. The maximum Gasteiger partial charge on any atom is 0.271 e. The molecule has 28 heavy (non-hydrogen) atoms. The van der Waals surface area contributed by atoms with E-state index in [-0.39, 0.29) is 29.7 Å². The molecule has 3 aromatic rings. The highest BCUT2D eigenvalue weighted by molar-refractivity contribution is 7.15. The highest BCUT2D eigenvalue weighted by atomic mass is 32.1. The van der Waals surface area contributed by atoms with Crippen LogP contribution in [-0.2, 0) is 0 Å². The minimum Gasteiger partial charge on any atom is -0.393 e. The molecule has 7 heteroatoms. The van der Waals surface area contributed by atoms with Crippen LogP contribution in [0, 0.1) is 17.7 Å². The van der Waals surface area contributed by atoms with Crippen molar-refractivity contribution in [3.8, 4) is 11.3 Å². The number of halogens is 1. The standard InChI is InChI=1S/C21H24FN3O2S/c1-13(2)19(26)15-7-9-24(10-8-15)20(27)18-12-28-21-23-17(11-25(18)21)14-3-5-16(22)6-4-14/h3-6,11-13,15,19,26H,7-10H2,1-2H3. The molecule has 0 bridgehead atoms. The van der Waals surface area contributed by atoms with E-state index in [1.165, 1.54) is 23.5 Å². The van der Waals surface area contributed by atoms with Crippen LogP contribution in [0.15, 0.2) is 35.8 Å². The number of fused-ring (bicyclic) bond motifs is 1. The monoisotopic (exact) mass is 401 g/mol. The Kier molecular flexibility index (Phi) is 5.21. The second kappa shape index (κ2) is 7.64. The lowest BCUT2D eigenvalue weighted by Gasteiger charge is -2.35. The molecule has 148 valence electrons. The average Bonchev–Trinajstić information content (AvgIpc) is 3.28. The Balaban J connectivity index is 1.51. The third kappa shape index (κ3) is 3.56. The Hall–Kier alpha value is -2.25. The van der Waals surface area contributed by atoms with Crippen LogP contribution in [0.2, 0.25) is 0 Å². The molecule has 0 aliphatic carbocycles. The molecule has 1 unspecified atom stereocenters. The second-order valence-electron chi connectivity index (χ2n) is 7.77. The van der Waals surface area contributed by atoms with Gasteiger partial charge < -0.3 is 10.0 Å². The molecular formula is C21H24FN3O2S. The number of hydrogen-bond donors (Lipinski definition) is 1. The van der Waals surface area contributed by atoms with Crippen molar-refractivity contribution in [2.24, 2.45) is 11.8 Å². The lowest BCUT2D eigenvalue weighted by atomic mass is 9.85. The van der Waals surface area contributed by atoms with Crippen LogP contribution in [0.3, 0.4) is 0 Å². The molecular weight excluding hydrogens is 377 g/mol. The fraction of sp³-hybridized carbons (Fsp3) is 0.429. The van der Waals surface area contributed by atoms with Crippen molar-refractivity contribution in [3.63, 3.8) is 0 Å². The van der Waals surface area contributed by atoms with Gasteiger partial charge >= 0.3 is 0 Å². The third-order valence-electron chi connectivity index (χ3n) is 5.56. The van der Waals surface area contributed by atoms with Gasteiger partial charge in [-0.25, -0.2) is 9.37 Å². The molecule has 3 heterocycles. The van der Waals surface area contributed by atoms with E-state index in [2.05, 4.69) is 4.98 Å². The van der Waals surface area contributed by atoms with Gasteiger partial charge in [0.25, 0.3) is 5.91 Å². The van der Waals surface area contributed by atoms with Crippen LogP contribution in [-0.4, -0.2) is 44.5 Å². The Bertz CT molecular complexity index is 971. The largest absolute Gasteiger partial charge is 0.393 e. The predicted molar refractivity (Wildman–Crippen MR) is 108 cm³/mol. The van der Waals surface area contributed by atoms with Gasteiger partial charge in [-0.05, 0) is 48.9 Å². The molecule has 1 amide bonds. The van der Waals surface area contributed by atoms with Crippen molar-refractivity contribution in [1.82, 2.24) is 14.3 Å². The van der Waals surface area contributed by atoms with Crippen LogP contribution in [0.4, 0.5) is 4.39 Å². The van der Waals surface area contributed by atoms with Crippen molar-refractivity contribution >= 4 is 22.2 Å². The van der Waals surface area contributed by atoms with Gasteiger partial charge in [-0.2, -0.15) is 0 Å². The highest BCUT2D eigenvalue weighted by Crippen LogP contribution is 2.28. The number of carbonyl (C=O) groups excluding carboxylic acids is 1. The molecule has 1 aromatic carbocycles. The summed E-state index contributed by atoms with van der Waals surface area (Å²) in [5, 5.41) is 12.1. The van der Waals surface area contributed by atoms with E-state index in [1.54, 1.807) is 12.1 Å². The van der Waals surface area contributed by atoms with Crippen molar-refractivity contribution in [2.45, 2.75) is 32.8 Å². The van der Waals surface area contributed by atoms with Gasteiger partial charge in [0.2, 0.25) is 0 Å². The van der Waals surface area contributed by atoms with E-state index >= 15 is 0 Å². The van der Waals surface area contributed by atoms with Crippen LogP contribution in [0.5, 0.6) is 0 Å². The summed E-state index contributed by atoms with van der Waals surface area (Å²) in [6.07, 6.45) is 3.17. The van der Waals surface area contributed by atoms with Crippen LogP contribution >= 0.6 is 11.3 Å². The summed E-state index contributed by atoms with van der Waals surface area (Å²) in [7, 11) is 0. The van der Waals surface area contributed by atoms with Gasteiger partial charge in [0.1, 0.15) is 11.5 Å². The summed E-state index contributed by atoms with van der Waals surface area (Å²) in [4.78, 5) is 20.2.